The van der Waals surface area contributed by atoms with Crippen LogP contribution in [0.15, 0.2) is 110 Å². The Morgan fingerprint density at radius 3 is 1.02 bits per heavy atom. The van der Waals surface area contributed by atoms with Gasteiger partial charge in [-0.2, -0.15) is 0 Å². The molecule has 10 heteroatoms. The quantitative estimate of drug-likeness (QED) is 0.226. The van der Waals surface area contributed by atoms with Crippen LogP contribution in [0.5, 0.6) is 0 Å². The third kappa shape index (κ3) is 8.85. The second kappa shape index (κ2) is 15.4. The first-order valence-corrected chi connectivity index (χ1v) is 14.2. The van der Waals surface area contributed by atoms with Crippen molar-refractivity contribution in [3.05, 3.63) is 141 Å². The summed E-state index contributed by atoms with van der Waals surface area (Å²) in [7, 11) is 4.00. The first kappa shape index (κ1) is 34.2. The Kier molecular flexibility index (Phi) is 12.5. The molecule has 0 fully saturated rings. The number of hydrogen-bond donors (Lipinski definition) is 0. The van der Waals surface area contributed by atoms with Crippen LogP contribution in [0.3, 0.4) is 0 Å². The zero-order valence-electron chi connectivity index (χ0n) is 22.9. The molecule has 3 aromatic carbocycles. The predicted octanol–water partition coefficient (Wildman–Crippen LogP) is 2.52. The topological polar surface area (TPSA) is 14.2 Å². The zero-order chi connectivity index (χ0) is 28.2. The highest BCUT2D eigenvalue weighted by atomic mass is 79.9. The summed E-state index contributed by atoms with van der Waals surface area (Å²) in [6, 6.07) is 28.1. The molecule has 2 heterocycles. The maximum Gasteiger partial charge on any atom is 0.173 e. The first-order valence-electron chi connectivity index (χ1n) is 12.7. The lowest BCUT2D eigenvalue weighted by Crippen LogP contribution is -3.00. The van der Waals surface area contributed by atoms with Crippen LogP contribution >= 0.6 is 46.4 Å². The van der Waals surface area contributed by atoms with Crippen molar-refractivity contribution in [3.63, 3.8) is 0 Å². The predicted molar refractivity (Wildman–Crippen MR) is 167 cm³/mol. The highest BCUT2D eigenvalue weighted by molar-refractivity contribution is 6.35. The van der Waals surface area contributed by atoms with E-state index in [1.54, 1.807) is 12.1 Å². The molecule has 0 saturated carbocycles. The van der Waals surface area contributed by atoms with Crippen LogP contribution in [0.1, 0.15) is 11.1 Å². The zero-order valence-corrected chi connectivity index (χ0v) is 29.1. The monoisotopic (exact) mass is 766 g/mol. The van der Waals surface area contributed by atoms with Gasteiger partial charge >= 0.3 is 0 Å². The van der Waals surface area contributed by atoms with Gasteiger partial charge in [0, 0.05) is 81.0 Å². The van der Waals surface area contributed by atoms with Crippen molar-refractivity contribution in [2.75, 3.05) is 23.9 Å². The van der Waals surface area contributed by atoms with Gasteiger partial charge in [-0.25, -0.2) is 9.13 Å². The minimum Gasteiger partial charge on any atom is -1.00 e. The Morgan fingerprint density at radius 1 is 0.452 bits per heavy atom. The molecule has 0 spiro atoms. The molecule has 0 aliphatic heterocycles. The summed E-state index contributed by atoms with van der Waals surface area (Å²) in [5.74, 6) is 0. The van der Waals surface area contributed by atoms with Gasteiger partial charge in [-0.3, -0.25) is 0 Å². The Balaban J connectivity index is 0.00000242. The molecule has 2 aromatic heterocycles. The number of halogens is 6. The molecule has 4 nitrogen and oxygen atoms in total. The number of aromatic nitrogens is 2. The van der Waals surface area contributed by atoms with E-state index in [4.69, 9.17) is 46.4 Å². The lowest BCUT2D eigenvalue weighted by atomic mass is 10.1. The maximum atomic E-state index is 6.18. The van der Waals surface area contributed by atoms with Crippen molar-refractivity contribution in [1.82, 2.24) is 0 Å². The fourth-order valence-electron chi connectivity index (χ4n) is 4.49. The second-order valence-corrected chi connectivity index (χ2v) is 11.4. The Hall–Kier alpha value is -2.32. The molecular formula is C32H28Br2Cl4N4. The van der Waals surface area contributed by atoms with Crippen LogP contribution in [0.25, 0.3) is 0 Å². The van der Waals surface area contributed by atoms with Gasteiger partial charge in [0.25, 0.3) is 0 Å². The molecule has 218 valence electrons. The number of rotatable bonds is 8. The summed E-state index contributed by atoms with van der Waals surface area (Å²) in [5, 5.41) is 2.47. The van der Waals surface area contributed by atoms with Crippen molar-refractivity contribution in [3.8, 4) is 0 Å². The van der Waals surface area contributed by atoms with Crippen LogP contribution in [0.4, 0.5) is 22.7 Å². The summed E-state index contributed by atoms with van der Waals surface area (Å²) in [6.07, 6.45) is 8.32. The van der Waals surface area contributed by atoms with Crippen molar-refractivity contribution in [1.29, 1.82) is 0 Å². The van der Waals surface area contributed by atoms with Crippen molar-refractivity contribution >= 4 is 69.2 Å². The number of hydrogen-bond acceptors (Lipinski definition) is 2. The van der Waals surface area contributed by atoms with Gasteiger partial charge in [0.2, 0.25) is 0 Å². The van der Waals surface area contributed by atoms with E-state index in [1.807, 2.05) is 38.4 Å². The van der Waals surface area contributed by atoms with Crippen LogP contribution < -0.4 is 52.9 Å². The fraction of sp³-hybridized carbons (Fsp3) is 0.125. The largest absolute Gasteiger partial charge is 1.00 e. The summed E-state index contributed by atoms with van der Waals surface area (Å²) < 4.78 is 4.32. The Bertz CT molecular complexity index is 1450. The fourth-order valence-corrected chi connectivity index (χ4v) is 5.52. The minimum absolute atomic E-state index is 0. The van der Waals surface area contributed by atoms with E-state index in [2.05, 4.69) is 92.3 Å². The molecule has 0 N–H and O–H groups in total. The summed E-state index contributed by atoms with van der Waals surface area (Å²) >= 11 is 24.7. The van der Waals surface area contributed by atoms with E-state index in [1.165, 1.54) is 11.1 Å². The normalized spacial score (nSPS) is 10.4. The molecule has 42 heavy (non-hydrogen) atoms. The van der Waals surface area contributed by atoms with E-state index in [0.717, 1.165) is 35.8 Å². The van der Waals surface area contributed by atoms with Gasteiger partial charge in [0.15, 0.2) is 37.9 Å². The molecule has 0 radical (unpaired) electrons. The van der Waals surface area contributed by atoms with Gasteiger partial charge in [0.05, 0.1) is 11.4 Å². The average Bonchev–Trinajstić information content (AvgIpc) is 2.93. The SMILES string of the molecule is CN(c1cc[n+](Cc2ccc(C[n+]3ccc(N(C)c4cc(Cl)cc(Cl)c4)cc3)cc2)cc1)c1cc(Cl)cc(Cl)c1.[Br-].[Br-]. The number of nitrogens with zero attached hydrogens (tertiary/aromatic N) is 4. The van der Waals surface area contributed by atoms with Crippen LogP contribution in [-0.2, 0) is 13.1 Å². The molecule has 0 unspecified atom stereocenters. The molecule has 5 rings (SSSR count). The Labute approximate surface area is 288 Å². The molecular weight excluding hydrogens is 742 g/mol. The molecule has 0 bridgehead atoms. The Morgan fingerprint density at radius 2 is 0.738 bits per heavy atom. The molecule has 0 amide bonds. The molecule has 0 aliphatic carbocycles. The number of benzene rings is 3. The van der Waals surface area contributed by atoms with E-state index in [-0.39, 0.29) is 34.0 Å². The number of anilines is 4. The summed E-state index contributed by atoms with van der Waals surface area (Å²) in [5.41, 5.74) is 6.45. The highest BCUT2D eigenvalue weighted by Crippen LogP contribution is 2.30. The maximum absolute atomic E-state index is 6.18. The third-order valence-electron chi connectivity index (χ3n) is 6.74. The molecule has 0 aliphatic rings. The van der Waals surface area contributed by atoms with Crippen molar-refractivity contribution in [2.24, 2.45) is 0 Å². The van der Waals surface area contributed by atoms with Gasteiger partial charge in [0.1, 0.15) is 0 Å². The van der Waals surface area contributed by atoms with Gasteiger partial charge in [-0.15, -0.1) is 0 Å². The molecule has 0 saturated heterocycles. The van der Waals surface area contributed by atoms with E-state index in [0.29, 0.717) is 20.1 Å². The highest BCUT2D eigenvalue weighted by Gasteiger charge is 2.12. The number of pyridine rings is 2. The van der Waals surface area contributed by atoms with Crippen molar-refractivity contribution in [2.45, 2.75) is 13.1 Å². The van der Waals surface area contributed by atoms with Gasteiger partial charge in [-0.05, 0) is 36.4 Å². The lowest BCUT2D eigenvalue weighted by molar-refractivity contribution is -0.688. The average molecular weight is 770 g/mol. The van der Waals surface area contributed by atoms with Crippen LogP contribution in [0.2, 0.25) is 20.1 Å². The van der Waals surface area contributed by atoms with Gasteiger partial charge in [-0.1, -0.05) is 70.7 Å². The molecule has 5 aromatic rings. The standard InChI is InChI=1S/C32H28Cl4N4.2BrH/c1-37(31-17-25(33)15-26(34)18-31)29-7-11-39(12-8-29)21-23-3-5-24(6-4-23)22-40-13-9-30(10-14-40)38(2)32-19-27(35)16-28(36)20-32;;/h3-20H,21-22H2,1-2H3;2*1H/q+2;;/p-2. The van der Waals surface area contributed by atoms with E-state index < -0.39 is 0 Å². The lowest BCUT2D eigenvalue weighted by Gasteiger charge is -2.19. The summed E-state index contributed by atoms with van der Waals surface area (Å²) in [6.45, 7) is 1.57. The van der Waals surface area contributed by atoms with Crippen LogP contribution in [0, 0.1) is 0 Å². The van der Waals surface area contributed by atoms with Crippen LogP contribution in [-0.4, -0.2) is 14.1 Å². The van der Waals surface area contributed by atoms with Gasteiger partial charge < -0.3 is 43.8 Å². The smallest absolute Gasteiger partial charge is 0.173 e. The van der Waals surface area contributed by atoms with E-state index >= 15 is 0 Å². The third-order valence-corrected chi connectivity index (χ3v) is 7.62. The first-order chi connectivity index (χ1) is 19.2. The van der Waals surface area contributed by atoms with Crippen molar-refractivity contribution < 1.29 is 43.1 Å². The minimum atomic E-state index is 0. The summed E-state index contributed by atoms with van der Waals surface area (Å²) in [4.78, 5) is 4.12. The second-order valence-electron chi connectivity index (χ2n) is 9.65. The van der Waals surface area contributed by atoms with E-state index in [9.17, 15) is 0 Å². The molecule has 0 atom stereocenters.